The van der Waals surface area contributed by atoms with Crippen molar-refractivity contribution in [3.8, 4) is 0 Å². The smallest absolute Gasteiger partial charge is 0.252 e. The normalized spacial score (nSPS) is 30.6. The molecule has 4 atom stereocenters. The van der Waals surface area contributed by atoms with Crippen molar-refractivity contribution >= 4 is 11.8 Å². The van der Waals surface area contributed by atoms with Gasteiger partial charge in [0.05, 0.1) is 0 Å². The van der Waals surface area contributed by atoms with E-state index in [-0.39, 0.29) is 35.8 Å². The van der Waals surface area contributed by atoms with Crippen molar-refractivity contribution in [2.75, 3.05) is 32.8 Å². The van der Waals surface area contributed by atoms with E-state index in [0.29, 0.717) is 32.8 Å². The first-order valence-corrected chi connectivity index (χ1v) is 10.6. The molecule has 2 N–H and O–H groups in total. The summed E-state index contributed by atoms with van der Waals surface area (Å²) in [6.07, 6.45) is 4.03. The monoisotopic (exact) mass is 385 g/mol. The van der Waals surface area contributed by atoms with Crippen LogP contribution in [-0.2, 0) is 14.3 Å². The molecule has 2 amide bonds. The lowest BCUT2D eigenvalue weighted by Crippen LogP contribution is -2.55. The third kappa shape index (κ3) is 3.80. The molecule has 6 heteroatoms. The first-order chi connectivity index (χ1) is 13.7. The Morgan fingerprint density at radius 3 is 2.57 bits per heavy atom. The summed E-state index contributed by atoms with van der Waals surface area (Å²) in [5, 5.41) is 0. The highest BCUT2D eigenvalue weighted by Gasteiger charge is 2.42. The zero-order valence-corrected chi connectivity index (χ0v) is 16.5. The molecular formula is C22H31N3O3. The van der Waals surface area contributed by atoms with Gasteiger partial charge >= 0.3 is 0 Å². The molecular weight excluding hydrogens is 354 g/mol. The van der Waals surface area contributed by atoms with Gasteiger partial charge in [0.1, 0.15) is 12.1 Å². The number of piperidine rings is 1. The Hall–Kier alpha value is -1.92. The van der Waals surface area contributed by atoms with Crippen LogP contribution in [0, 0.1) is 5.92 Å². The van der Waals surface area contributed by atoms with E-state index in [1.165, 1.54) is 5.56 Å². The second kappa shape index (κ2) is 8.62. The number of hydrogen-bond donors (Lipinski definition) is 1. The van der Waals surface area contributed by atoms with Crippen LogP contribution in [0.25, 0.3) is 0 Å². The fourth-order valence-electron chi connectivity index (χ4n) is 4.99. The van der Waals surface area contributed by atoms with E-state index >= 15 is 0 Å². The van der Waals surface area contributed by atoms with Gasteiger partial charge in [-0.15, -0.1) is 0 Å². The minimum atomic E-state index is -0.360. The van der Waals surface area contributed by atoms with Crippen LogP contribution in [0.1, 0.15) is 43.6 Å². The molecule has 6 nitrogen and oxygen atoms in total. The van der Waals surface area contributed by atoms with Crippen molar-refractivity contribution in [2.24, 2.45) is 11.7 Å². The Labute approximate surface area is 167 Å². The number of likely N-dealkylation sites (tertiary alicyclic amines) is 2. The summed E-state index contributed by atoms with van der Waals surface area (Å²) >= 11 is 0. The van der Waals surface area contributed by atoms with Crippen molar-refractivity contribution in [3.05, 3.63) is 35.9 Å². The maximum Gasteiger partial charge on any atom is 0.252 e. The molecule has 152 valence electrons. The molecule has 4 rings (SSSR count). The molecule has 1 aromatic carbocycles. The summed E-state index contributed by atoms with van der Waals surface area (Å²) in [4.78, 5) is 30.1. The lowest BCUT2D eigenvalue weighted by atomic mass is 9.89. The fourth-order valence-corrected chi connectivity index (χ4v) is 4.99. The van der Waals surface area contributed by atoms with E-state index < -0.39 is 0 Å². The van der Waals surface area contributed by atoms with Crippen LogP contribution in [0.5, 0.6) is 0 Å². The average Bonchev–Trinajstić information content (AvgIpc) is 3.43. The summed E-state index contributed by atoms with van der Waals surface area (Å²) < 4.78 is 5.60. The van der Waals surface area contributed by atoms with Gasteiger partial charge < -0.3 is 20.3 Å². The number of rotatable bonds is 4. The maximum atomic E-state index is 13.4. The molecule has 0 aromatic heterocycles. The molecule has 3 aliphatic rings. The van der Waals surface area contributed by atoms with Crippen molar-refractivity contribution in [2.45, 2.75) is 50.2 Å². The van der Waals surface area contributed by atoms with E-state index in [0.717, 1.165) is 32.1 Å². The van der Waals surface area contributed by atoms with Gasteiger partial charge in [0, 0.05) is 32.2 Å². The number of nitrogens with two attached hydrogens (primary N) is 1. The van der Waals surface area contributed by atoms with Crippen LogP contribution in [0.2, 0.25) is 0 Å². The number of nitrogens with zero attached hydrogens (tertiary/aromatic N) is 2. The minimum absolute atomic E-state index is 0.00438. The Morgan fingerprint density at radius 2 is 1.86 bits per heavy atom. The third-order valence-electron chi connectivity index (χ3n) is 6.56. The summed E-state index contributed by atoms with van der Waals surface area (Å²) in [7, 11) is 0. The molecule has 2 unspecified atom stereocenters. The van der Waals surface area contributed by atoms with Crippen LogP contribution >= 0.6 is 0 Å². The third-order valence-corrected chi connectivity index (χ3v) is 6.56. The fraction of sp³-hybridized carbons (Fsp3) is 0.636. The Morgan fingerprint density at radius 1 is 1.04 bits per heavy atom. The molecule has 0 saturated carbocycles. The largest absolute Gasteiger partial charge is 0.368 e. The summed E-state index contributed by atoms with van der Waals surface area (Å²) in [5.74, 6) is 0.617. The predicted molar refractivity (Wildman–Crippen MR) is 107 cm³/mol. The zero-order chi connectivity index (χ0) is 19.5. The van der Waals surface area contributed by atoms with Crippen LogP contribution in [0.15, 0.2) is 30.3 Å². The van der Waals surface area contributed by atoms with Crippen LogP contribution in [0.3, 0.4) is 0 Å². The average molecular weight is 386 g/mol. The molecule has 3 saturated heterocycles. The SMILES string of the molecule is NC[C@@H]1CN(C(=O)C2CCCCN2C(=O)C2CCCO2)C[C@H]1c1ccccc1. The highest BCUT2D eigenvalue weighted by atomic mass is 16.5. The summed E-state index contributed by atoms with van der Waals surface area (Å²) in [5.41, 5.74) is 7.28. The van der Waals surface area contributed by atoms with Gasteiger partial charge in [-0.2, -0.15) is 0 Å². The first kappa shape index (κ1) is 19.4. The van der Waals surface area contributed by atoms with Crippen LogP contribution in [-0.4, -0.2) is 66.5 Å². The quantitative estimate of drug-likeness (QED) is 0.857. The number of hydrogen-bond acceptors (Lipinski definition) is 4. The van der Waals surface area contributed by atoms with E-state index in [1.54, 1.807) is 4.90 Å². The van der Waals surface area contributed by atoms with E-state index in [2.05, 4.69) is 12.1 Å². The van der Waals surface area contributed by atoms with Gasteiger partial charge in [0.2, 0.25) is 5.91 Å². The number of benzene rings is 1. The van der Waals surface area contributed by atoms with Crippen LogP contribution < -0.4 is 5.73 Å². The van der Waals surface area contributed by atoms with Gasteiger partial charge in [-0.25, -0.2) is 0 Å². The van der Waals surface area contributed by atoms with Gasteiger partial charge in [0.25, 0.3) is 5.91 Å². The van der Waals surface area contributed by atoms with Crippen molar-refractivity contribution in [3.63, 3.8) is 0 Å². The molecule has 0 aliphatic carbocycles. The van der Waals surface area contributed by atoms with E-state index in [1.807, 2.05) is 23.1 Å². The minimum Gasteiger partial charge on any atom is -0.368 e. The highest BCUT2D eigenvalue weighted by molar-refractivity contribution is 5.90. The predicted octanol–water partition coefficient (Wildman–Crippen LogP) is 1.75. The Balaban J connectivity index is 1.48. The molecule has 3 fully saturated rings. The highest BCUT2D eigenvalue weighted by Crippen LogP contribution is 2.33. The first-order valence-electron chi connectivity index (χ1n) is 10.6. The molecule has 28 heavy (non-hydrogen) atoms. The molecule has 3 aliphatic heterocycles. The number of ether oxygens (including phenoxy) is 1. The number of carbonyl (C=O) groups is 2. The molecule has 0 spiro atoms. The second-order valence-corrected chi connectivity index (χ2v) is 8.30. The summed E-state index contributed by atoms with van der Waals surface area (Å²) in [6.45, 7) is 3.22. The summed E-state index contributed by atoms with van der Waals surface area (Å²) in [6, 6.07) is 9.98. The van der Waals surface area contributed by atoms with E-state index in [4.69, 9.17) is 10.5 Å². The topological polar surface area (TPSA) is 75.9 Å². The van der Waals surface area contributed by atoms with Crippen molar-refractivity contribution in [1.82, 2.24) is 9.80 Å². The van der Waals surface area contributed by atoms with Gasteiger partial charge in [-0.1, -0.05) is 30.3 Å². The Kier molecular flexibility index (Phi) is 5.97. The molecule has 0 bridgehead atoms. The van der Waals surface area contributed by atoms with Crippen molar-refractivity contribution < 1.29 is 14.3 Å². The zero-order valence-electron chi connectivity index (χ0n) is 16.5. The number of amides is 2. The standard InChI is InChI=1S/C22H31N3O3/c23-13-17-14-24(15-18(17)16-7-2-1-3-8-16)21(26)19-9-4-5-11-25(19)22(27)20-10-6-12-28-20/h1-3,7-8,17-20H,4-6,9-15,23H2/t17-,18+,19?,20?/m1/s1. The van der Waals surface area contributed by atoms with E-state index in [9.17, 15) is 9.59 Å². The van der Waals surface area contributed by atoms with Gasteiger partial charge in [-0.3, -0.25) is 9.59 Å². The number of carbonyl (C=O) groups excluding carboxylic acids is 2. The van der Waals surface area contributed by atoms with Gasteiger partial charge in [0.15, 0.2) is 0 Å². The molecule has 0 radical (unpaired) electrons. The molecule has 3 heterocycles. The Bertz CT molecular complexity index is 690. The lowest BCUT2D eigenvalue weighted by molar-refractivity contribution is -0.152. The maximum absolute atomic E-state index is 13.4. The van der Waals surface area contributed by atoms with Crippen LogP contribution in [0.4, 0.5) is 0 Å². The van der Waals surface area contributed by atoms with Crippen molar-refractivity contribution in [1.29, 1.82) is 0 Å². The second-order valence-electron chi connectivity index (χ2n) is 8.30. The molecule has 1 aromatic rings. The van der Waals surface area contributed by atoms with Gasteiger partial charge in [-0.05, 0) is 50.1 Å². The lowest BCUT2D eigenvalue weighted by Gasteiger charge is -2.38.